The van der Waals surface area contributed by atoms with Crippen molar-refractivity contribution in [2.75, 3.05) is 49.2 Å². The Balaban J connectivity index is 1.58. The lowest BCUT2D eigenvalue weighted by Gasteiger charge is -2.34. The Morgan fingerprint density at radius 2 is 2.04 bits per heavy atom. The minimum atomic E-state index is 0.314. The summed E-state index contributed by atoms with van der Waals surface area (Å²) in [6.45, 7) is 6.92. The van der Waals surface area contributed by atoms with E-state index < -0.39 is 0 Å². The molecule has 4 heterocycles. The van der Waals surface area contributed by atoms with Crippen molar-refractivity contribution in [1.82, 2.24) is 15.0 Å². The Labute approximate surface area is 159 Å². The Morgan fingerprint density at radius 1 is 1.19 bits per heavy atom. The van der Waals surface area contributed by atoms with Crippen LogP contribution in [-0.2, 0) is 4.74 Å². The van der Waals surface area contributed by atoms with Gasteiger partial charge in [0.25, 0.3) is 0 Å². The topological polar surface area (TPSA) is 78.2 Å². The van der Waals surface area contributed by atoms with Crippen molar-refractivity contribution in [3.63, 3.8) is 0 Å². The second-order valence-corrected chi connectivity index (χ2v) is 7.07. The summed E-state index contributed by atoms with van der Waals surface area (Å²) in [5, 5.41) is 9.40. The van der Waals surface area contributed by atoms with Crippen LogP contribution in [0.2, 0.25) is 0 Å². The van der Waals surface area contributed by atoms with E-state index in [4.69, 9.17) is 9.72 Å². The van der Waals surface area contributed by atoms with Crippen molar-refractivity contribution in [2.24, 2.45) is 0 Å². The molecular weight excluding hydrogens is 340 g/mol. The van der Waals surface area contributed by atoms with Gasteiger partial charge in [0.1, 0.15) is 23.5 Å². The Bertz CT molecular complexity index is 843. The maximum atomic E-state index is 9.40. The molecule has 7 nitrogen and oxygen atoms in total. The molecule has 2 aromatic heterocycles. The molecule has 4 rings (SSSR count). The molecule has 2 saturated heterocycles. The van der Waals surface area contributed by atoms with Gasteiger partial charge in [-0.1, -0.05) is 0 Å². The second kappa shape index (κ2) is 7.89. The van der Waals surface area contributed by atoms with Crippen molar-refractivity contribution in [3.05, 3.63) is 41.5 Å². The maximum absolute atomic E-state index is 9.40. The summed E-state index contributed by atoms with van der Waals surface area (Å²) in [6, 6.07) is 8.04. The van der Waals surface area contributed by atoms with Gasteiger partial charge >= 0.3 is 0 Å². The summed E-state index contributed by atoms with van der Waals surface area (Å²) >= 11 is 0. The fourth-order valence-electron chi connectivity index (χ4n) is 3.89. The quantitative estimate of drug-likeness (QED) is 0.827. The Morgan fingerprint density at radius 3 is 2.85 bits per heavy atom. The van der Waals surface area contributed by atoms with Crippen LogP contribution >= 0.6 is 0 Å². The van der Waals surface area contributed by atoms with Gasteiger partial charge in [0.15, 0.2) is 0 Å². The first-order chi connectivity index (χ1) is 13.2. The number of morpholine rings is 1. The number of anilines is 2. The van der Waals surface area contributed by atoms with Gasteiger partial charge in [-0.3, -0.25) is 0 Å². The van der Waals surface area contributed by atoms with Crippen LogP contribution in [0.1, 0.15) is 35.8 Å². The lowest BCUT2D eigenvalue weighted by atomic mass is 9.94. The van der Waals surface area contributed by atoms with E-state index in [0.29, 0.717) is 11.5 Å². The van der Waals surface area contributed by atoms with Crippen LogP contribution in [0.5, 0.6) is 0 Å². The van der Waals surface area contributed by atoms with Crippen LogP contribution in [0.3, 0.4) is 0 Å². The average molecular weight is 364 g/mol. The van der Waals surface area contributed by atoms with Crippen molar-refractivity contribution >= 4 is 11.6 Å². The number of nitriles is 1. The van der Waals surface area contributed by atoms with Gasteiger partial charge in [-0.05, 0) is 31.9 Å². The predicted molar refractivity (Wildman–Crippen MR) is 103 cm³/mol. The summed E-state index contributed by atoms with van der Waals surface area (Å²) in [6.07, 6.45) is 3.90. The van der Waals surface area contributed by atoms with E-state index in [1.54, 1.807) is 6.20 Å². The number of hydrogen-bond acceptors (Lipinski definition) is 7. The largest absolute Gasteiger partial charge is 0.378 e. The zero-order chi connectivity index (χ0) is 18.6. The zero-order valence-corrected chi connectivity index (χ0v) is 15.6. The summed E-state index contributed by atoms with van der Waals surface area (Å²) in [5.74, 6) is 2.90. The number of pyridine rings is 1. The van der Waals surface area contributed by atoms with Gasteiger partial charge in [0, 0.05) is 44.4 Å². The molecule has 0 aromatic carbocycles. The third-order valence-corrected chi connectivity index (χ3v) is 5.23. The van der Waals surface area contributed by atoms with E-state index >= 15 is 0 Å². The second-order valence-electron chi connectivity index (χ2n) is 7.07. The molecule has 7 heteroatoms. The van der Waals surface area contributed by atoms with Gasteiger partial charge < -0.3 is 14.5 Å². The summed E-state index contributed by atoms with van der Waals surface area (Å²) < 4.78 is 5.46. The van der Waals surface area contributed by atoms with E-state index in [1.807, 2.05) is 19.1 Å². The molecule has 0 bridgehead atoms. The molecule has 0 saturated carbocycles. The zero-order valence-electron chi connectivity index (χ0n) is 15.6. The molecule has 140 valence electrons. The molecule has 0 amide bonds. The lowest BCUT2D eigenvalue weighted by Crippen LogP contribution is -2.38. The SMILES string of the molecule is Cc1nc([C@H]2CCCN(c3ncccc3C#N)C2)cc(N2CCOCC2)n1. The molecule has 0 N–H and O–H groups in total. The first-order valence-corrected chi connectivity index (χ1v) is 9.53. The van der Waals surface area contributed by atoms with E-state index in [2.05, 4.69) is 31.9 Å². The molecule has 0 aliphatic carbocycles. The van der Waals surface area contributed by atoms with Crippen LogP contribution in [0.4, 0.5) is 11.6 Å². The van der Waals surface area contributed by atoms with E-state index in [1.165, 1.54) is 0 Å². The van der Waals surface area contributed by atoms with E-state index in [0.717, 1.165) is 75.4 Å². The number of hydrogen-bond donors (Lipinski definition) is 0. The van der Waals surface area contributed by atoms with Gasteiger partial charge in [-0.15, -0.1) is 0 Å². The minimum absolute atomic E-state index is 0.314. The first-order valence-electron chi connectivity index (χ1n) is 9.53. The molecule has 0 radical (unpaired) electrons. The highest BCUT2D eigenvalue weighted by molar-refractivity contribution is 5.54. The third kappa shape index (κ3) is 3.86. The Kier molecular flexibility index (Phi) is 5.16. The van der Waals surface area contributed by atoms with Crippen LogP contribution in [0, 0.1) is 18.3 Å². The predicted octanol–water partition coefficient (Wildman–Crippen LogP) is 2.27. The molecule has 2 aliphatic rings. The van der Waals surface area contributed by atoms with Gasteiger partial charge in [-0.25, -0.2) is 15.0 Å². The fraction of sp³-hybridized carbons (Fsp3) is 0.500. The van der Waals surface area contributed by atoms with E-state index in [9.17, 15) is 5.26 Å². The molecule has 2 fully saturated rings. The molecular formula is C20H24N6O. The third-order valence-electron chi connectivity index (χ3n) is 5.23. The van der Waals surface area contributed by atoms with Gasteiger partial charge in [0.2, 0.25) is 0 Å². The van der Waals surface area contributed by atoms with Gasteiger partial charge in [-0.2, -0.15) is 5.26 Å². The fourth-order valence-corrected chi connectivity index (χ4v) is 3.89. The maximum Gasteiger partial charge on any atom is 0.146 e. The highest BCUT2D eigenvalue weighted by Gasteiger charge is 2.26. The van der Waals surface area contributed by atoms with Crippen LogP contribution in [-0.4, -0.2) is 54.3 Å². The Hall–Kier alpha value is -2.72. The highest BCUT2D eigenvalue weighted by atomic mass is 16.5. The first kappa shape index (κ1) is 17.7. The van der Waals surface area contributed by atoms with Crippen molar-refractivity contribution in [2.45, 2.75) is 25.7 Å². The summed E-state index contributed by atoms with van der Waals surface area (Å²) in [7, 11) is 0. The van der Waals surface area contributed by atoms with Gasteiger partial charge in [0.05, 0.1) is 24.5 Å². The summed E-state index contributed by atoms with van der Waals surface area (Å²) in [4.78, 5) is 18.3. The van der Waals surface area contributed by atoms with E-state index in [-0.39, 0.29) is 0 Å². The molecule has 2 aromatic rings. The van der Waals surface area contributed by atoms with Crippen LogP contribution in [0.15, 0.2) is 24.4 Å². The van der Waals surface area contributed by atoms with Crippen molar-refractivity contribution < 1.29 is 4.74 Å². The smallest absolute Gasteiger partial charge is 0.146 e. The molecule has 27 heavy (non-hydrogen) atoms. The van der Waals surface area contributed by atoms with Crippen molar-refractivity contribution in [3.8, 4) is 6.07 Å². The lowest BCUT2D eigenvalue weighted by molar-refractivity contribution is 0.122. The number of piperidine rings is 1. The molecule has 0 unspecified atom stereocenters. The summed E-state index contributed by atoms with van der Waals surface area (Å²) in [5.41, 5.74) is 1.72. The standard InChI is InChI=1S/C20H24N6O/c1-15-23-18(12-19(24-15)25-8-10-27-11-9-25)17-5-3-7-26(14-17)20-16(13-21)4-2-6-22-20/h2,4,6,12,17H,3,5,7-11,14H2,1H3/t17-/m0/s1. The molecule has 2 aliphatic heterocycles. The minimum Gasteiger partial charge on any atom is -0.378 e. The number of nitrogens with zero attached hydrogens (tertiary/aromatic N) is 6. The number of ether oxygens (including phenoxy) is 1. The molecule has 1 atom stereocenters. The van der Waals surface area contributed by atoms with Crippen LogP contribution < -0.4 is 9.80 Å². The average Bonchev–Trinajstić information content (AvgIpc) is 2.74. The number of aromatic nitrogens is 3. The highest BCUT2D eigenvalue weighted by Crippen LogP contribution is 2.31. The monoisotopic (exact) mass is 364 g/mol. The molecule has 0 spiro atoms. The number of rotatable bonds is 3. The normalized spacial score (nSPS) is 20.4. The number of aryl methyl sites for hydroxylation is 1. The van der Waals surface area contributed by atoms with Crippen molar-refractivity contribution in [1.29, 1.82) is 5.26 Å². The van der Waals surface area contributed by atoms with Crippen LogP contribution in [0.25, 0.3) is 0 Å².